The predicted octanol–water partition coefficient (Wildman–Crippen LogP) is 5.25. The van der Waals surface area contributed by atoms with Crippen molar-refractivity contribution in [2.45, 2.75) is 32.9 Å². The predicted molar refractivity (Wildman–Crippen MR) is 154 cm³/mol. The molecule has 6 N–H and O–H groups in total. The molecule has 0 saturated carbocycles. The van der Waals surface area contributed by atoms with Crippen LogP contribution in [0, 0.1) is 11.2 Å². The number of carbonyl (C=O) groups is 1. The van der Waals surface area contributed by atoms with E-state index in [1.165, 1.54) is 0 Å². The standard InChI is InChI=1S/C30H33FN6O3/c1-5-39-22-14-23(26(31)25(15-22)40-17(2)3)27(36-21-12-10-19(11-13-21)28(32)33)29-35-16-24(37-29)18-6-8-20(9-7-18)30(38)34-4/h6-17,27,36H,5H2,1-4H3,(H3,32,33)(H,34,38)(H,35,37). The zero-order chi connectivity index (χ0) is 28.8. The number of nitrogens with zero attached hydrogens (tertiary/aromatic N) is 1. The van der Waals surface area contributed by atoms with Crippen LogP contribution < -0.4 is 25.8 Å². The first-order chi connectivity index (χ1) is 19.2. The SMILES string of the molecule is CCOc1cc(OC(C)C)c(F)c(C(Nc2ccc(C(=N)N)cc2)c2ncc(-c3ccc(C(=O)NC)cc3)[nH]2)c1. The maximum atomic E-state index is 16.0. The van der Waals surface area contributed by atoms with Gasteiger partial charge >= 0.3 is 0 Å². The number of imidazole rings is 1. The van der Waals surface area contributed by atoms with Gasteiger partial charge in [-0.15, -0.1) is 0 Å². The molecule has 0 saturated heterocycles. The van der Waals surface area contributed by atoms with Gasteiger partial charge in [-0.3, -0.25) is 10.2 Å². The number of amides is 1. The van der Waals surface area contributed by atoms with Gasteiger partial charge in [-0.05, 0) is 68.8 Å². The van der Waals surface area contributed by atoms with Gasteiger partial charge < -0.3 is 30.8 Å². The van der Waals surface area contributed by atoms with E-state index in [2.05, 4.69) is 20.6 Å². The van der Waals surface area contributed by atoms with Crippen LogP contribution in [0.2, 0.25) is 0 Å². The van der Waals surface area contributed by atoms with E-state index in [0.717, 1.165) is 5.56 Å². The lowest BCUT2D eigenvalue weighted by Gasteiger charge is -2.22. The van der Waals surface area contributed by atoms with Crippen molar-refractivity contribution in [2.24, 2.45) is 5.73 Å². The van der Waals surface area contributed by atoms with E-state index in [4.69, 9.17) is 20.6 Å². The molecule has 4 aromatic rings. The number of halogens is 1. The summed E-state index contributed by atoms with van der Waals surface area (Å²) >= 11 is 0. The molecule has 4 rings (SSSR count). The van der Waals surface area contributed by atoms with Crippen molar-refractivity contribution in [2.75, 3.05) is 19.0 Å². The van der Waals surface area contributed by atoms with Gasteiger partial charge in [0, 0.05) is 35.5 Å². The Morgan fingerprint density at radius 1 is 1.10 bits per heavy atom. The molecule has 1 amide bonds. The highest BCUT2D eigenvalue weighted by atomic mass is 19.1. The second-order valence-corrected chi connectivity index (χ2v) is 9.33. The third kappa shape index (κ3) is 6.40. The van der Waals surface area contributed by atoms with E-state index in [1.807, 2.05) is 32.9 Å². The summed E-state index contributed by atoms with van der Waals surface area (Å²) in [5.41, 5.74) is 9.15. The molecule has 9 nitrogen and oxygen atoms in total. The molecule has 40 heavy (non-hydrogen) atoms. The van der Waals surface area contributed by atoms with Crippen LogP contribution in [0.15, 0.2) is 66.9 Å². The third-order valence-electron chi connectivity index (χ3n) is 6.09. The van der Waals surface area contributed by atoms with Gasteiger partial charge in [0.1, 0.15) is 23.5 Å². The van der Waals surface area contributed by atoms with E-state index in [1.54, 1.807) is 61.8 Å². The molecular formula is C30H33FN6O3. The van der Waals surface area contributed by atoms with Crippen molar-refractivity contribution in [3.05, 3.63) is 95.2 Å². The van der Waals surface area contributed by atoms with Crippen LogP contribution in [0.5, 0.6) is 11.5 Å². The number of hydrogen-bond donors (Lipinski definition) is 5. The van der Waals surface area contributed by atoms with Gasteiger partial charge in [-0.2, -0.15) is 0 Å². The summed E-state index contributed by atoms with van der Waals surface area (Å²) in [7, 11) is 1.58. The van der Waals surface area contributed by atoms with E-state index in [9.17, 15) is 4.79 Å². The summed E-state index contributed by atoms with van der Waals surface area (Å²) in [5, 5.41) is 13.6. The van der Waals surface area contributed by atoms with Crippen molar-refractivity contribution in [3.8, 4) is 22.8 Å². The highest BCUT2D eigenvalue weighted by Crippen LogP contribution is 2.36. The fourth-order valence-corrected chi connectivity index (χ4v) is 4.17. The molecule has 0 bridgehead atoms. The number of rotatable bonds is 11. The Morgan fingerprint density at radius 3 is 2.38 bits per heavy atom. The largest absolute Gasteiger partial charge is 0.494 e. The molecule has 0 radical (unpaired) electrons. The van der Waals surface area contributed by atoms with E-state index in [0.29, 0.717) is 40.7 Å². The number of nitrogen functional groups attached to an aromatic ring is 1. The lowest BCUT2D eigenvalue weighted by atomic mass is 10.0. The first kappa shape index (κ1) is 28.2. The van der Waals surface area contributed by atoms with Gasteiger partial charge in [0.25, 0.3) is 5.91 Å². The van der Waals surface area contributed by atoms with Gasteiger partial charge in [-0.1, -0.05) is 12.1 Å². The van der Waals surface area contributed by atoms with Crippen LogP contribution in [-0.4, -0.2) is 41.5 Å². The molecule has 3 aromatic carbocycles. The number of hydrogen-bond acceptors (Lipinski definition) is 6. The van der Waals surface area contributed by atoms with E-state index in [-0.39, 0.29) is 29.2 Å². The molecule has 10 heteroatoms. The van der Waals surface area contributed by atoms with Crippen molar-refractivity contribution < 1.29 is 18.7 Å². The number of nitrogens with two attached hydrogens (primary N) is 1. The molecule has 0 fully saturated rings. The van der Waals surface area contributed by atoms with Gasteiger partial charge in [0.15, 0.2) is 11.6 Å². The summed E-state index contributed by atoms with van der Waals surface area (Å²) in [6.45, 7) is 5.90. The number of H-pyrrole nitrogens is 1. The number of carbonyl (C=O) groups excluding carboxylic acids is 1. The Balaban J connectivity index is 1.79. The minimum atomic E-state index is -0.767. The molecule has 1 unspecified atom stereocenters. The Morgan fingerprint density at radius 2 is 1.77 bits per heavy atom. The Bertz CT molecular complexity index is 1480. The fraction of sp³-hybridized carbons (Fsp3) is 0.233. The first-order valence-corrected chi connectivity index (χ1v) is 12.9. The Labute approximate surface area is 232 Å². The topological polar surface area (TPSA) is 138 Å². The monoisotopic (exact) mass is 544 g/mol. The first-order valence-electron chi connectivity index (χ1n) is 12.9. The van der Waals surface area contributed by atoms with Gasteiger partial charge in [0.05, 0.1) is 24.6 Å². The fourth-order valence-electron chi connectivity index (χ4n) is 4.17. The molecule has 1 atom stereocenters. The van der Waals surface area contributed by atoms with Crippen LogP contribution >= 0.6 is 0 Å². The Hall–Kier alpha value is -4.86. The lowest BCUT2D eigenvalue weighted by molar-refractivity contribution is 0.0963. The molecule has 1 heterocycles. The van der Waals surface area contributed by atoms with Crippen LogP contribution in [0.4, 0.5) is 10.1 Å². The molecule has 0 aliphatic heterocycles. The summed E-state index contributed by atoms with van der Waals surface area (Å²) in [6, 6.07) is 16.4. The zero-order valence-electron chi connectivity index (χ0n) is 22.8. The summed E-state index contributed by atoms with van der Waals surface area (Å²) in [4.78, 5) is 19.8. The number of benzene rings is 3. The summed E-state index contributed by atoms with van der Waals surface area (Å²) in [6.07, 6.45) is 1.41. The average molecular weight is 545 g/mol. The van der Waals surface area contributed by atoms with Gasteiger partial charge in [-0.25, -0.2) is 9.37 Å². The van der Waals surface area contributed by atoms with Crippen molar-refractivity contribution in [1.29, 1.82) is 5.41 Å². The number of nitrogens with one attached hydrogen (secondary N) is 4. The normalized spacial score (nSPS) is 11.7. The van der Waals surface area contributed by atoms with Crippen LogP contribution in [0.3, 0.4) is 0 Å². The molecule has 0 aliphatic carbocycles. The molecule has 0 aliphatic rings. The maximum absolute atomic E-state index is 16.0. The van der Waals surface area contributed by atoms with Crippen LogP contribution in [0.25, 0.3) is 11.3 Å². The molecule has 0 spiro atoms. The smallest absolute Gasteiger partial charge is 0.251 e. The second kappa shape index (κ2) is 12.3. The summed E-state index contributed by atoms with van der Waals surface area (Å²) < 4.78 is 27.5. The average Bonchev–Trinajstić information content (AvgIpc) is 3.43. The Kier molecular flexibility index (Phi) is 8.68. The van der Waals surface area contributed by atoms with Crippen molar-refractivity contribution >= 4 is 17.4 Å². The molecule has 208 valence electrons. The van der Waals surface area contributed by atoms with Crippen molar-refractivity contribution in [1.82, 2.24) is 15.3 Å². The number of amidine groups is 1. The van der Waals surface area contributed by atoms with Gasteiger partial charge in [0.2, 0.25) is 0 Å². The minimum absolute atomic E-state index is 0.0489. The highest BCUT2D eigenvalue weighted by Gasteiger charge is 2.26. The van der Waals surface area contributed by atoms with E-state index >= 15 is 4.39 Å². The number of anilines is 1. The highest BCUT2D eigenvalue weighted by molar-refractivity contribution is 5.95. The third-order valence-corrected chi connectivity index (χ3v) is 6.09. The molecular weight excluding hydrogens is 511 g/mol. The lowest BCUT2D eigenvalue weighted by Crippen LogP contribution is -2.18. The van der Waals surface area contributed by atoms with E-state index < -0.39 is 11.9 Å². The second-order valence-electron chi connectivity index (χ2n) is 9.33. The quantitative estimate of drug-likeness (QED) is 0.129. The van der Waals surface area contributed by atoms with Crippen LogP contribution in [0.1, 0.15) is 54.1 Å². The van der Waals surface area contributed by atoms with Crippen molar-refractivity contribution in [3.63, 3.8) is 0 Å². The maximum Gasteiger partial charge on any atom is 0.251 e. The van der Waals surface area contributed by atoms with Crippen LogP contribution in [-0.2, 0) is 0 Å². The number of aromatic nitrogens is 2. The minimum Gasteiger partial charge on any atom is -0.494 e. The molecule has 1 aromatic heterocycles. The summed E-state index contributed by atoms with van der Waals surface area (Å²) in [5.74, 6) is 0.219. The zero-order valence-corrected chi connectivity index (χ0v) is 22.8. The number of ether oxygens (including phenoxy) is 2. The number of aromatic amines is 1.